The number of nitrogens with zero attached hydrogens (tertiary/aromatic N) is 1. The first kappa shape index (κ1) is 14.7. The average Bonchev–Trinajstić information content (AvgIpc) is 2.37. The van der Waals surface area contributed by atoms with Gasteiger partial charge in [0.15, 0.2) is 17.4 Å². The van der Waals surface area contributed by atoms with E-state index in [4.69, 9.17) is 5.11 Å². The van der Waals surface area contributed by atoms with Gasteiger partial charge in [-0.1, -0.05) is 6.92 Å². The number of Topliss-reactive ketones (excluding diaryl/α,β-unsaturated/α-hetero) is 1. The van der Waals surface area contributed by atoms with Crippen LogP contribution < -0.4 is 0 Å². The molecule has 5 heteroatoms. The van der Waals surface area contributed by atoms with Crippen LogP contribution in [0.2, 0.25) is 0 Å². The third kappa shape index (κ3) is 4.16. The van der Waals surface area contributed by atoms with E-state index in [9.17, 15) is 13.6 Å². The van der Waals surface area contributed by atoms with Crippen molar-refractivity contribution in [3.05, 3.63) is 35.4 Å². The van der Waals surface area contributed by atoms with E-state index in [1.807, 2.05) is 11.8 Å². The van der Waals surface area contributed by atoms with Crippen LogP contribution in [0.1, 0.15) is 23.7 Å². The van der Waals surface area contributed by atoms with Crippen LogP contribution in [-0.4, -0.2) is 42.0 Å². The molecule has 0 radical (unpaired) electrons. The van der Waals surface area contributed by atoms with Crippen LogP contribution in [0.15, 0.2) is 18.2 Å². The molecular weight excluding hydrogens is 240 g/mol. The van der Waals surface area contributed by atoms with Crippen molar-refractivity contribution >= 4 is 5.78 Å². The number of benzene rings is 1. The summed E-state index contributed by atoms with van der Waals surface area (Å²) in [5.41, 5.74) is 0.163. The summed E-state index contributed by atoms with van der Waals surface area (Å²) >= 11 is 0. The molecule has 0 aromatic heterocycles. The van der Waals surface area contributed by atoms with Crippen molar-refractivity contribution < 1.29 is 18.7 Å². The Labute approximate surface area is 105 Å². The Bertz CT molecular complexity index is 410. The first-order valence-corrected chi connectivity index (χ1v) is 5.90. The molecular formula is C13H17F2NO2. The Morgan fingerprint density at radius 2 is 2.06 bits per heavy atom. The highest BCUT2D eigenvalue weighted by Gasteiger charge is 2.13. The lowest BCUT2D eigenvalue weighted by Crippen LogP contribution is -2.31. The Kier molecular flexibility index (Phi) is 5.88. The van der Waals surface area contributed by atoms with Gasteiger partial charge in [0.1, 0.15) is 0 Å². The predicted molar refractivity (Wildman–Crippen MR) is 64.5 cm³/mol. The highest BCUT2D eigenvalue weighted by Crippen LogP contribution is 2.10. The normalized spacial score (nSPS) is 10.9. The molecule has 0 unspecified atom stereocenters. The van der Waals surface area contributed by atoms with Gasteiger partial charge in [-0.25, -0.2) is 8.78 Å². The fourth-order valence-electron chi connectivity index (χ4n) is 1.61. The molecule has 1 rings (SSSR count). The number of likely N-dealkylation sites (N-methyl/N-ethyl adjacent to an activating group) is 1. The van der Waals surface area contributed by atoms with E-state index in [0.717, 1.165) is 12.1 Å². The van der Waals surface area contributed by atoms with Crippen molar-refractivity contribution in [2.45, 2.75) is 13.3 Å². The average molecular weight is 257 g/mol. The minimum Gasteiger partial charge on any atom is -0.396 e. The Balaban J connectivity index is 2.65. The van der Waals surface area contributed by atoms with E-state index >= 15 is 0 Å². The quantitative estimate of drug-likeness (QED) is 0.758. The molecule has 0 spiro atoms. The van der Waals surface area contributed by atoms with Crippen LogP contribution in [0.4, 0.5) is 8.78 Å². The fraction of sp³-hybridized carbons (Fsp3) is 0.462. The minimum absolute atomic E-state index is 0.0653. The maximum absolute atomic E-state index is 13.0. The second-order valence-corrected chi connectivity index (χ2v) is 4.00. The standard InChI is InChI=1S/C13H17F2NO2/c1-2-16(6-3-7-17)9-13(18)10-4-5-11(14)12(15)8-10/h4-5,8,17H,2-3,6-7,9H2,1H3. The van der Waals surface area contributed by atoms with Gasteiger partial charge in [-0.3, -0.25) is 9.69 Å². The third-order valence-electron chi connectivity index (χ3n) is 2.69. The zero-order valence-electron chi connectivity index (χ0n) is 10.3. The molecule has 0 atom stereocenters. The van der Waals surface area contributed by atoms with Gasteiger partial charge < -0.3 is 5.11 Å². The molecule has 18 heavy (non-hydrogen) atoms. The Morgan fingerprint density at radius 3 is 2.61 bits per heavy atom. The highest BCUT2D eigenvalue weighted by atomic mass is 19.2. The van der Waals surface area contributed by atoms with Crippen molar-refractivity contribution in [1.29, 1.82) is 0 Å². The number of rotatable bonds is 7. The lowest BCUT2D eigenvalue weighted by atomic mass is 10.1. The van der Waals surface area contributed by atoms with Crippen molar-refractivity contribution in [2.24, 2.45) is 0 Å². The van der Waals surface area contributed by atoms with Gasteiger partial charge in [-0.05, 0) is 31.2 Å². The Morgan fingerprint density at radius 1 is 1.33 bits per heavy atom. The summed E-state index contributed by atoms with van der Waals surface area (Å²) in [5.74, 6) is -2.23. The molecule has 0 aliphatic heterocycles. The lowest BCUT2D eigenvalue weighted by Gasteiger charge is -2.18. The van der Waals surface area contributed by atoms with E-state index in [2.05, 4.69) is 0 Å². The number of carbonyl (C=O) groups is 1. The van der Waals surface area contributed by atoms with Crippen molar-refractivity contribution in [3.8, 4) is 0 Å². The van der Waals surface area contributed by atoms with E-state index in [-0.39, 0.29) is 24.5 Å². The van der Waals surface area contributed by atoms with Crippen molar-refractivity contribution in [1.82, 2.24) is 4.90 Å². The van der Waals surface area contributed by atoms with E-state index in [1.54, 1.807) is 0 Å². The van der Waals surface area contributed by atoms with E-state index < -0.39 is 11.6 Å². The minimum atomic E-state index is -1.01. The Hall–Kier alpha value is -1.33. The van der Waals surface area contributed by atoms with Crippen molar-refractivity contribution in [3.63, 3.8) is 0 Å². The number of halogens is 2. The molecule has 1 N–H and O–H groups in total. The van der Waals surface area contributed by atoms with Crippen LogP contribution in [0.25, 0.3) is 0 Å². The number of aliphatic hydroxyl groups is 1. The van der Waals surface area contributed by atoms with Crippen LogP contribution in [0.5, 0.6) is 0 Å². The second kappa shape index (κ2) is 7.18. The van der Waals surface area contributed by atoms with Gasteiger partial charge in [0.05, 0.1) is 6.54 Å². The first-order chi connectivity index (χ1) is 8.58. The molecule has 1 aromatic rings. The molecule has 0 bridgehead atoms. The molecule has 0 saturated heterocycles. The third-order valence-corrected chi connectivity index (χ3v) is 2.69. The number of hydrogen-bond acceptors (Lipinski definition) is 3. The number of aliphatic hydroxyl groups excluding tert-OH is 1. The largest absolute Gasteiger partial charge is 0.396 e. The predicted octanol–water partition coefficient (Wildman–Crippen LogP) is 1.85. The molecule has 0 amide bonds. The fourth-order valence-corrected chi connectivity index (χ4v) is 1.61. The monoisotopic (exact) mass is 257 g/mol. The summed E-state index contributed by atoms with van der Waals surface area (Å²) in [5, 5.41) is 8.73. The first-order valence-electron chi connectivity index (χ1n) is 5.90. The molecule has 3 nitrogen and oxygen atoms in total. The zero-order valence-corrected chi connectivity index (χ0v) is 10.3. The van der Waals surface area contributed by atoms with Crippen molar-refractivity contribution in [2.75, 3.05) is 26.2 Å². The van der Waals surface area contributed by atoms with Crippen LogP contribution in [0.3, 0.4) is 0 Å². The maximum atomic E-state index is 13.0. The van der Waals surface area contributed by atoms with Crippen LogP contribution in [-0.2, 0) is 0 Å². The summed E-state index contributed by atoms with van der Waals surface area (Å²) in [7, 11) is 0. The number of carbonyl (C=O) groups excluding carboxylic acids is 1. The van der Waals surface area contributed by atoms with Crippen LogP contribution in [0, 0.1) is 11.6 Å². The molecule has 0 fully saturated rings. The second-order valence-electron chi connectivity index (χ2n) is 4.00. The summed E-state index contributed by atoms with van der Waals surface area (Å²) in [6.45, 7) is 3.37. The van der Waals surface area contributed by atoms with Gasteiger partial charge in [0.25, 0.3) is 0 Å². The zero-order chi connectivity index (χ0) is 13.5. The summed E-state index contributed by atoms with van der Waals surface area (Å²) in [6, 6.07) is 3.14. The van der Waals surface area contributed by atoms with Gasteiger partial charge in [0.2, 0.25) is 0 Å². The summed E-state index contributed by atoms with van der Waals surface area (Å²) < 4.78 is 25.7. The van der Waals surface area contributed by atoms with E-state index in [0.29, 0.717) is 19.5 Å². The lowest BCUT2D eigenvalue weighted by molar-refractivity contribution is 0.0928. The molecule has 1 aromatic carbocycles. The molecule has 0 aliphatic rings. The summed E-state index contributed by atoms with van der Waals surface area (Å²) in [6.07, 6.45) is 0.582. The number of hydrogen-bond donors (Lipinski definition) is 1. The van der Waals surface area contributed by atoms with Gasteiger partial charge in [-0.2, -0.15) is 0 Å². The van der Waals surface area contributed by atoms with Gasteiger partial charge >= 0.3 is 0 Å². The smallest absolute Gasteiger partial charge is 0.176 e. The SMILES string of the molecule is CCN(CCCO)CC(=O)c1ccc(F)c(F)c1. The van der Waals surface area contributed by atoms with Gasteiger partial charge in [0, 0.05) is 18.7 Å². The van der Waals surface area contributed by atoms with Crippen LogP contribution >= 0.6 is 0 Å². The van der Waals surface area contributed by atoms with Gasteiger partial charge in [-0.15, -0.1) is 0 Å². The van der Waals surface area contributed by atoms with E-state index in [1.165, 1.54) is 6.07 Å². The maximum Gasteiger partial charge on any atom is 0.176 e. The summed E-state index contributed by atoms with van der Waals surface area (Å²) in [4.78, 5) is 13.7. The number of ketones is 1. The highest BCUT2D eigenvalue weighted by molar-refractivity contribution is 5.97. The topological polar surface area (TPSA) is 40.5 Å². The molecule has 0 heterocycles. The molecule has 100 valence electrons. The molecule has 0 aliphatic carbocycles. The molecule has 0 saturated carbocycles.